The number of carbonyl (C=O) groups is 3. The first kappa shape index (κ1) is 27.4. The van der Waals surface area contributed by atoms with Crippen molar-refractivity contribution in [3.8, 4) is 0 Å². The van der Waals surface area contributed by atoms with Gasteiger partial charge >= 0.3 is 6.09 Å². The van der Waals surface area contributed by atoms with Gasteiger partial charge in [0, 0.05) is 18.3 Å². The quantitative estimate of drug-likeness (QED) is 0.282. The number of benzene rings is 3. The average molecular weight is 554 g/mol. The summed E-state index contributed by atoms with van der Waals surface area (Å²) in [7, 11) is 0. The number of fused-ring (bicyclic) bond motifs is 1. The first-order valence-electron chi connectivity index (χ1n) is 13.1. The number of ether oxygens (including phenoxy) is 1. The third-order valence-corrected chi connectivity index (χ3v) is 6.79. The molecule has 9 nitrogen and oxygen atoms in total. The maximum atomic E-state index is 13.5. The van der Waals surface area contributed by atoms with Crippen LogP contribution >= 0.6 is 0 Å². The molecule has 0 saturated carbocycles. The zero-order chi connectivity index (χ0) is 28.8. The predicted molar refractivity (Wildman–Crippen MR) is 150 cm³/mol. The summed E-state index contributed by atoms with van der Waals surface area (Å²) in [4.78, 5) is 45.9. The number of hydrogen-bond acceptors (Lipinski definition) is 6. The van der Waals surface area contributed by atoms with Crippen LogP contribution in [0.4, 0.5) is 14.9 Å². The van der Waals surface area contributed by atoms with Crippen molar-refractivity contribution in [1.82, 2.24) is 20.6 Å². The van der Waals surface area contributed by atoms with Crippen molar-refractivity contribution in [3.63, 3.8) is 0 Å². The second-order valence-electron chi connectivity index (χ2n) is 9.72. The molecule has 1 aliphatic carbocycles. The minimum absolute atomic E-state index is 0.0469. The van der Waals surface area contributed by atoms with Crippen molar-refractivity contribution in [2.24, 2.45) is 0 Å². The molecule has 1 aliphatic rings. The number of aromatic nitrogens is 2. The van der Waals surface area contributed by atoms with Crippen LogP contribution in [0, 0.1) is 12.7 Å². The van der Waals surface area contributed by atoms with Crippen molar-refractivity contribution in [1.29, 1.82) is 0 Å². The molecule has 1 heterocycles. The topological polar surface area (TPSA) is 122 Å². The third-order valence-electron chi connectivity index (χ3n) is 6.79. The molecule has 3 amide bonds. The van der Waals surface area contributed by atoms with E-state index in [0.717, 1.165) is 28.7 Å². The van der Waals surface area contributed by atoms with Gasteiger partial charge in [-0.15, -0.1) is 0 Å². The third kappa shape index (κ3) is 6.91. The number of halogens is 1. The Balaban J connectivity index is 1.16. The van der Waals surface area contributed by atoms with E-state index < -0.39 is 17.9 Å². The summed E-state index contributed by atoms with van der Waals surface area (Å²) in [5.74, 6) is -1.22. The van der Waals surface area contributed by atoms with E-state index in [-0.39, 0.29) is 36.4 Å². The van der Waals surface area contributed by atoms with Gasteiger partial charge in [0.25, 0.3) is 11.8 Å². The average Bonchev–Trinajstić information content (AvgIpc) is 3.38. The maximum Gasteiger partial charge on any atom is 0.411 e. The van der Waals surface area contributed by atoms with Gasteiger partial charge in [0.1, 0.15) is 30.1 Å². The molecule has 1 atom stereocenters. The van der Waals surface area contributed by atoms with Gasteiger partial charge in [0.15, 0.2) is 0 Å². The van der Waals surface area contributed by atoms with E-state index in [0.29, 0.717) is 17.7 Å². The number of nitrogens with zero attached hydrogens (tertiary/aromatic N) is 2. The molecule has 0 fully saturated rings. The van der Waals surface area contributed by atoms with Crippen LogP contribution in [0.5, 0.6) is 0 Å². The van der Waals surface area contributed by atoms with Crippen LogP contribution in [-0.2, 0) is 24.3 Å². The summed E-state index contributed by atoms with van der Waals surface area (Å²) >= 11 is 0. The number of rotatable bonds is 8. The highest BCUT2D eigenvalue weighted by Crippen LogP contribution is 2.33. The highest BCUT2D eigenvalue weighted by Gasteiger charge is 2.26. The maximum absolute atomic E-state index is 13.5. The molecule has 1 aromatic heterocycles. The molecule has 3 N–H and O–H groups in total. The van der Waals surface area contributed by atoms with Crippen molar-refractivity contribution < 1.29 is 23.5 Å². The lowest BCUT2D eigenvalue weighted by Gasteiger charge is -2.15. The van der Waals surface area contributed by atoms with E-state index in [9.17, 15) is 18.8 Å². The van der Waals surface area contributed by atoms with Crippen LogP contribution in [0.1, 0.15) is 61.3 Å². The Bertz CT molecular complexity index is 1590. The van der Waals surface area contributed by atoms with E-state index in [1.54, 1.807) is 25.1 Å². The smallest absolute Gasteiger partial charge is 0.411 e. The number of anilines is 1. The summed E-state index contributed by atoms with van der Waals surface area (Å²) in [6, 6.07) is 20.6. The van der Waals surface area contributed by atoms with Gasteiger partial charge in [-0.25, -0.2) is 19.2 Å². The van der Waals surface area contributed by atoms with Crippen molar-refractivity contribution >= 4 is 23.6 Å². The Morgan fingerprint density at radius 2 is 1.71 bits per heavy atom. The van der Waals surface area contributed by atoms with E-state index in [1.165, 1.54) is 18.5 Å². The van der Waals surface area contributed by atoms with Crippen LogP contribution < -0.4 is 16.0 Å². The molecular formula is C31H28FN5O4. The van der Waals surface area contributed by atoms with Gasteiger partial charge in [0.2, 0.25) is 0 Å². The molecule has 4 aromatic rings. The molecule has 0 unspecified atom stereocenters. The second kappa shape index (κ2) is 12.4. The van der Waals surface area contributed by atoms with Gasteiger partial charge < -0.3 is 15.4 Å². The van der Waals surface area contributed by atoms with E-state index in [1.807, 2.05) is 42.5 Å². The first-order chi connectivity index (χ1) is 19.9. The Hall–Kier alpha value is -5.12. The molecule has 208 valence electrons. The standard InChI is InChI=1S/C31H28FN5O4/c1-19-13-21(7-11-25(19)32)16-33-29(38)27-15-28(35-18-34-27)30(39)37-26-12-8-22-14-23(9-10-24(22)26)36-31(40)41-17-20-5-3-2-4-6-20/h2-7,9-11,13-15,18,26H,8,12,16-17H2,1H3,(H,33,38)(H,36,40)(H,37,39)/t26-/m0/s1. The number of nitrogens with one attached hydrogen (secondary N) is 3. The molecule has 0 aliphatic heterocycles. The number of carbonyl (C=O) groups excluding carboxylic acids is 3. The predicted octanol–water partition coefficient (Wildman–Crippen LogP) is 5.02. The van der Waals surface area contributed by atoms with Gasteiger partial charge in [-0.05, 0) is 65.8 Å². The van der Waals surface area contributed by atoms with Gasteiger partial charge in [-0.3, -0.25) is 14.9 Å². The molecule has 0 bridgehead atoms. The lowest BCUT2D eigenvalue weighted by atomic mass is 10.1. The molecule has 0 saturated heterocycles. The van der Waals surface area contributed by atoms with Crippen LogP contribution in [0.15, 0.2) is 79.1 Å². The summed E-state index contributed by atoms with van der Waals surface area (Å²) in [6.07, 6.45) is 2.02. The van der Waals surface area contributed by atoms with Gasteiger partial charge in [-0.1, -0.05) is 48.5 Å². The Kier molecular flexibility index (Phi) is 8.28. The van der Waals surface area contributed by atoms with Gasteiger partial charge in [0.05, 0.1) is 6.04 Å². The highest BCUT2D eigenvalue weighted by molar-refractivity contribution is 5.97. The largest absolute Gasteiger partial charge is 0.444 e. The Labute approximate surface area is 236 Å². The van der Waals surface area contributed by atoms with Crippen molar-refractivity contribution in [2.45, 2.75) is 39.0 Å². The summed E-state index contributed by atoms with van der Waals surface area (Å²) in [5.41, 5.74) is 4.80. The lowest BCUT2D eigenvalue weighted by Crippen LogP contribution is -2.29. The fraction of sp³-hybridized carbons (Fsp3) is 0.194. The molecule has 0 spiro atoms. The van der Waals surface area contributed by atoms with E-state index >= 15 is 0 Å². The Morgan fingerprint density at radius 1 is 0.927 bits per heavy atom. The van der Waals surface area contributed by atoms with Crippen molar-refractivity contribution in [3.05, 3.63) is 124 Å². The molecular weight excluding hydrogens is 525 g/mol. The number of hydrogen-bond donors (Lipinski definition) is 3. The van der Waals surface area contributed by atoms with Crippen molar-refractivity contribution in [2.75, 3.05) is 5.32 Å². The number of aryl methyl sites for hydroxylation is 2. The second-order valence-corrected chi connectivity index (χ2v) is 9.72. The minimum Gasteiger partial charge on any atom is -0.444 e. The number of amides is 3. The summed E-state index contributed by atoms with van der Waals surface area (Å²) < 4.78 is 18.8. The van der Waals surface area contributed by atoms with Gasteiger partial charge in [-0.2, -0.15) is 0 Å². The SMILES string of the molecule is Cc1cc(CNC(=O)c2cc(C(=O)N[C@H]3CCc4cc(NC(=O)OCc5ccccc5)ccc43)ncn2)ccc1F. The fourth-order valence-electron chi connectivity index (χ4n) is 4.65. The summed E-state index contributed by atoms with van der Waals surface area (Å²) in [6.45, 7) is 2.01. The molecule has 41 heavy (non-hydrogen) atoms. The summed E-state index contributed by atoms with van der Waals surface area (Å²) in [5, 5.41) is 8.45. The normalized spacial score (nSPS) is 13.7. The molecule has 5 rings (SSSR count). The van der Waals surface area contributed by atoms with Crippen LogP contribution in [-0.4, -0.2) is 27.9 Å². The van der Waals surface area contributed by atoms with Crippen LogP contribution in [0.25, 0.3) is 0 Å². The van der Waals surface area contributed by atoms with E-state index in [4.69, 9.17) is 4.74 Å². The zero-order valence-electron chi connectivity index (χ0n) is 22.3. The fourth-order valence-corrected chi connectivity index (χ4v) is 4.65. The lowest BCUT2D eigenvalue weighted by molar-refractivity contribution is 0.0931. The first-order valence-corrected chi connectivity index (χ1v) is 13.1. The van der Waals surface area contributed by atoms with E-state index in [2.05, 4.69) is 25.9 Å². The molecule has 0 radical (unpaired) electrons. The zero-order valence-corrected chi connectivity index (χ0v) is 22.3. The molecule has 3 aromatic carbocycles. The van der Waals surface area contributed by atoms with Crippen LogP contribution in [0.2, 0.25) is 0 Å². The molecule has 10 heteroatoms. The highest BCUT2D eigenvalue weighted by atomic mass is 19.1. The monoisotopic (exact) mass is 553 g/mol. The Morgan fingerprint density at radius 3 is 2.49 bits per heavy atom. The van der Waals surface area contributed by atoms with Crippen LogP contribution in [0.3, 0.4) is 0 Å². The minimum atomic E-state index is -0.548.